The highest BCUT2D eigenvalue weighted by Crippen LogP contribution is 2.19. The number of sulfonamides is 1. The molecule has 1 aromatic carbocycles. The molecule has 0 spiro atoms. The molecule has 0 aliphatic rings. The number of hydrogen-bond acceptors (Lipinski definition) is 4. The molecule has 0 amide bonds. The maximum absolute atomic E-state index is 13.1. The third kappa shape index (κ3) is 2.62. The summed E-state index contributed by atoms with van der Waals surface area (Å²) in [5, 5.41) is 11.2. The monoisotopic (exact) mass is 297 g/mol. The Morgan fingerprint density at radius 3 is 2.80 bits per heavy atom. The van der Waals surface area contributed by atoms with Gasteiger partial charge in [-0.05, 0) is 18.2 Å². The van der Waals surface area contributed by atoms with Crippen LogP contribution in [0, 0.1) is 11.2 Å². The van der Waals surface area contributed by atoms with Crippen molar-refractivity contribution in [3.8, 4) is 0 Å². The zero-order chi connectivity index (χ0) is 14.9. The number of nitrogens with zero attached hydrogens (tertiary/aromatic N) is 2. The fourth-order valence-corrected chi connectivity index (χ4v) is 2.72. The molecule has 0 aliphatic heterocycles. The summed E-state index contributed by atoms with van der Waals surface area (Å²) in [5.41, 5.74) is 5.49. The van der Waals surface area contributed by atoms with Gasteiger partial charge in [-0.15, -0.1) is 0 Å². The molecule has 0 atom stereocenters. The number of amidine groups is 1. The van der Waals surface area contributed by atoms with Crippen molar-refractivity contribution in [1.82, 2.24) is 9.78 Å². The first-order valence-electron chi connectivity index (χ1n) is 5.46. The van der Waals surface area contributed by atoms with Crippen molar-refractivity contribution in [3.05, 3.63) is 41.8 Å². The molecule has 2 rings (SSSR count). The Labute approximate surface area is 114 Å². The van der Waals surface area contributed by atoms with Gasteiger partial charge in [0.2, 0.25) is 0 Å². The summed E-state index contributed by atoms with van der Waals surface area (Å²) in [7, 11) is -2.49. The van der Waals surface area contributed by atoms with E-state index < -0.39 is 15.8 Å². The summed E-state index contributed by atoms with van der Waals surface area (Å²) in [4.78, 5) is -0.229. The van der Waals surface area contributed by atoms with Crippen molar-refractivity contribution in [2.24, 2.45) is 12.8 Å². The Bertz CT molecular complexity index is 769. The number of aromatic nitrogens is 2. The second-order valence-corrected chi connectivity index (χ2v) is 5.69. The van der Waals surface area contributed by atoms with Crippen molar-refractivity contribution in [2.45, 2.75) is 4.90 Å². The standard InChI is InChI=1S/C11H12FN5O2S/c1-17-11(9(6-15-17)10(13)14)16-20(18,19)8-4-2-3-7(12)5-8/h2-6,16H,1H3,(H3,13,14). The molecule has 1 heterocycles. The summed E-state index contributed by atoms with van der Waals surface area (Å²) < 4.78 is 40.9. The Balaban J connectivity index is 2.44. The zero-order valence-corrected chi connectivity index (χ0v) is 11.3. The topological polar surface area (TPSA) is 114 Å². The van der Waals surface area contributed by atoms with Gasteiger partial charge in [0.1, 0.15) is 17.5 Å². The number of nitrogen functional groups attached to an aromatic ring is 1. The number of hydrogen-bond donors (Lipinski definition) is 3. The maximum atomic E-state index is 13.1. The van der Waals surface area contributed by atoms with Crippen molar-refractivity contribution in [2.75, 3.05) is 4.72 Å². The Morgan fingerprint density at radius 2 is 2.20 bits per heavy atom. The van der Waals surface area contributed by atoms with Gasteiger partial charge in [-0.1, -0.05) is 6.07 Å². The Morgan fingerprint density at radius 1 is 1.50 bits per heavy atom. The van der Waals surface area contributed by atoms with Crippen LogP contribution in [0.1, 0.15) is 5.56 Å². The molecule has 2 aromatic rings. The molecule has 0 fully saturated rings. The molecular formula is C11H12FN5O2S. The van der Waals surface area contributed by atoms with Crippen LogP contribution in [0.5, 0.6) is 0 Å². The SMILES string of the molecule is Cn1ncc(C(=N)N)c1NS(=O)(=O)c1cccc(F)c1. The lowest BCUT2D eigenvalue weighted by atomic mass is 10.3. The fraction of sp³-hybridized carbons (Fsp3) is 0.0909. The predicted octanol–water partition coefficient (Wildman–Crippen LogP) is 0.644. The molecule has 7 nitrogen and oxygen atoms in total. The minimum absolute atomic E-state index is 0.0433. The minimum atomic E-state index is -3.99. The van der Waals surface area contributed by atoms with Crippen LogP contribution in [-0.2, 0) is 17.1 Å². The van der Waals surface area contributed by atoms with Crippen LogP contribution in [-0.4, -0.2) is 24.0 Å². The van der Waals surface area contributed by atoms with E-state index in [1.165, 1.54) is 30.1 Å². The van der Waals surface area contributed by atoms with Crippen molar-refractivity contribution >= 4 is 21.7 Å². The van der Waals surface area contributed by atoms with Gasteiger partial charge in [0, 0.05) is 7.05 Å². The Kier molecular flexibility index (Phi) is 3.45. The van der Waals surface area contributed by atoms with Crippen LogP contribution >= 0.6 is 0 Å². The molecule has 20 heavy (non-hydrogen) atoms. The van der Waals surface area contributed by atoms with Crippen LogP contribution in [0.3, 0.4) is 0 Å². The third-order valence-corrected chi connectivity index (χ3v) is 3.90. The molecule has 0 saturated heterocycles. The molecule has 9 heteroatoms. The first-order valence-corrected chi connectivity index (χ1v) is 6.94. The van der Waals surface area contributed by atoms with Gasteiger partial charge in [0.25, 0.3) is 10.0 Å². The van der Waals surface area contributed by atoms with Crippen molar-refractivity contribution in [3.63, 3.8) is 0 Å². The Hall–Kier alpha value is -2.42. The summed E-state index contributed by atoms with van der Waals surface area (Å²) in [6.45, 7) is 0. The lowest BCUT2D eigenvalue weighted by molar-refractivity contribution is 0.594. The van der Waals surface area contributed by atoms with E-state index in [9.17, 15) is 12.8 Å². The van der Waals surface area contributed by atoms with Gasteiger partial charge in [-0.25, -0.2) is 12.8 Å². The normalized spacial score (nSPS) is 11.3. The van der Waals surface area contributed by atoms with Gasteiger partial charge < -0.3 is 5.73 Å². The van der Waals surface area contributed by atoms with Crippen LogP contribution in [0.4, 0.5) is 10.2 Å². The van der Waals surface area contributed by atoms with E-state index in [1.54, 1.807) is 0 Å². The van der Waals surface area contributed by atoms with Crippen molar-refractivity contribution < 1.29 is 12.8 Å². The van der Waals surface area contributed by atoms with E-state index in [0.717, 1.165) is 12.1 Å². The fourth-order valence-electron chi connectivity index (χ4n) is 1.58. The number of halogens is 1. The molecule has 4 N–H and O–H groups in total. The first kappa shape index (κ1) is 14.0. The van der Waals surface area contributed by atoms with Crippen molar-refractivity contribution in [1.29, 1.82) is 5.41 Å². The molecule has 106 valence electrons. The van der Waals surface area contributed by atoms with E-state index >= 15 is 0 Å². The highest BCUT2D eigenvalue weighted by atomic mass is 32.2. The van der Waals surface area contributed by atoms with Crippen LogP contribution in [0.2, 0.25) is 0 Å². The highest BCUT2D eigenvalue weighted by molar-refractivity contribution is 7.92. The highest BCUT2D eigenvalue weighted by Gasteiger charge is 2.20. The van der Waals surface area contributed by atoms with Crippen LogP contribution < -0.4 is 10.5 Å². The predicted molar refractivity (Wildman–Crippen MR) is 71.4 cm³/mol. The van der Waals surface area contributed by atoms with Gasteiger partial charge in [0.05, 0.1) is 16.7 Å². The zero-order valence-electron chi connectivity index (χ0n) is 10.5. The second kappa shape index (κ2) is 4.93. The summed E-state index contributed by atoms with van der Waals surface area (Å²) in [5.74, 6) is -0.943. The van der Waals surface area contributed by atoms with Gasteiger partial charge in [-0.3, -0.25) is 14.8 Å². The smallest absolute Gasteiger partial charge is 0.263 e. The molecule has 0 radical (unpaired) electrons. The average molecular weight is 297 g/mol. The maximum Gasteiger partial charge on any atom is 0.263 e. The second-order valence-electron chi connectivity index (χ2n) is 4.01. The van der Waals surface area contributed by atoms with Gasteiger partial charge in [-0.2, -0.15) is 5.10 Å². The van der Waals surface area contributed by atoms with Crippen LogP contribution in [0.25, 0.3) is 0 Å². The molecule has 0 aliphatic carbocycles. The molecular weight excluding hydrogens is 285 g/mol. The van der Waals surface area contributed by atoms with E-state index in [1.807, 2.05) is 0 Å². The number of nitrogens with one attached hydrogen (secondary N) is 2. The van der Waals surface area contributed by atoms with E-state index in [-0.39, 0.29) is 22.1 Å². The number of anilines is 1. The lowest BCUT2D eigenvalue weighted by Gasteiger charge is -2.10. The minimum Gasteiger partial charge on any atom is -0.384 e. The van der Waals surface area contributed by atoms with E-state index in [2.05, 4.69) is 9.82 Å². The molecule has 0 bridgehead atoms. The number of benzene rings is 1. The number of rotatable bonds is 4. The van der Waals surface area contributed by atoms with E-state index in [4.69, 9.17) is 11.1 Å². The van der Waals surface area contributed by atoms with E-state index in [0.29, 0.717) is 0 Å². The molecule has 1 aromatic heterocycles. The quantitative estimate of drug-likeness (QED) is 0.567. The average Bonchev–Trinajstić information content (AvgIpc) is 2.71. The summed E-state index contributed by atoms with van der Waals surface area (Å²) in [6.07, 6.45) is 1.27. The summed E-state index contributed by atoms with van der Waals surface area (Å²) >= 11 is 0. The largest absolute Gasteiger partial charge is 0.384 e. The number of aryl methyl sites for hydroxylation is 1. The summed E-state index contributed by atoms with van der Waals surface area (Å²) in [6, 6.07) is 4.59. The van der Waals surface area contributed by atoms with Gasteiger partial charge in [0.15, 0.2) is 0 Å². The lowest BCUT2D eigenvalue weighted by Crippen LogP contribution is -2.19. The first-order chi connectivity index (χ1) is 9.31. The number of nitrogens with two attached hydrogens (primary N) is 1. The molecule has 0 unspecified atom stereocenters. The van der Waals surface area contributed by atoms with Crippen LogP contribution in [0.15, 0.2) is 35.4 Å². The molecule has 0 saturated carbocycles. The van der Waals surface area contributed by atoms with Gasteiger partial charge >= 0.3 is 0 Å². The third-order valence-electron chi connectivity index (χ3n) is 2.57.